The van der Waals surface area contributed by atoms with Crippen molar-refractivity contribution in [3.8, 4) is 0 Å². The summed E-state index contributed by atoms with van der Waals surface area (Å²) in [5.74, 6) is -2.26. The molecule has 7 heteroatoms. The first-order chi connectivity index (χ1) is 6.66. The van der Waals surface area contributed by atoms with E-state index in [-0.39, 0.29) is 5.92 Å². The molecule has 0 heterocycles. The van der Waals surface area contributed by atoms with Crippen LogP contribution in [0.5, 0.6) is 0 Å². The van der Waals surface area contributed by atoms with E-state index in [0.717, 1.165) is 12.8 Å². The number of carbonyl (C=O) groups is 2. The maximum absolute atomic E-state index is 10.2. The van der Waals surface area contributed by atoms with Crippen LogP contribution in [-0.2, 0) is 9.59 Å². The highest BCUT2D eigenvalue weighted by molar-refractivity contribution is 6.75. The van der Waals surface area contributed by atoms with E-state index in [1.54, 1.807) is 0 Å². The molecule has 0 atom stereocenters. The van der Waals surface area contributed by atoms with Crippen molar-refractivity contribution in [2.75, 3.05) is 0 Å². The van der Waals surface area contributed by atoms with E-state index >= 15 is 0 Å². The number of hydrogen-bond acceptors (Lipinski definition) is 2. The van der Waals surface area contributed by atoms with Gasteiger partial charge in [-0.05, 0) is 12.8 Å². The van der Waals surface area contributed by atoms with Gasteiger partial charge in [0.15, 0.2) is 0 Å². The second-order valence-corrected chi connectivity index (χ2v) is 4.94. The van der Waals surface area contributed by atoms with Crippen molar-refractivity contribution in [1.82, 2.24) is 0 Å². The number of rotatable bonds is 3. The van der Waals surface area contributed by atoms with Gasteiger partial charge in [0.05, 0.1) is 5.92 Å². The molecule has 0 aromatic heterocycles. The summed E-state index contributed by atoms with van der Waals surface area (Å²) in [6, 6.07) is 0. The summed E-state index contributed by atoms with van der Waals surface area (Å²) < 4.78 is -2.17. The Balaban J connectivity index is 0. The second-order valence-electron chi connectivity index (χ2n) is 2.65. The minimum atomic E-state index is -2.17. The molecule has 0 unspecified atom stereocenters. The average molecular weight is 280 g/mol. The normalized spacial score (nSPS) is 10.5. The third kappa shape index (κ3) is 10.1. The van der Waals surface area contributed by atoms with Crippen molar-refractivity contribution >= 4 is 46.7 Å². The largest absolute Gasteiger partial charge is 0.481 e. The van der Waals surface area contributed by atoms with Gasteiger partial charge in [0, 0.05) is 0 Å². The van der Waals surface area contributed by atoms with Crippen LogP contribution in [0.3, 0.4) is 0 Å². The Morgan fingerprint density at radius 3 is 1.40 bits per heavy atom. The van der Waals surface area contributed by atoms with Crippen LogP contribution in [0.2, 0.25) is 0 Å². The fourth-order valence-corrected chi connectivity index (χ4v) is 0.638. The molecular formula is C8H13Cl3O4. The molecule has 0 aromatic carbocycles. The molecule has 0 bridgehead atoms. The fraction of sp³-hybridized carbons (Fsp3) is 0.750. The number of halogens is 3. The van der Waals surface area contributed by atoms with E-state index in [4.69, 9.17) is 45.0 Å². The maximum Gasteiger partial charge on any atom is 0.356 e. The lowest BCUT2D eigenvalue weighted by Gasteiger charge is -2.02. The molecule has 0 spiro atoms. The third-order valence-electron chi connectivity index (χ3n) is 1.58. The van der Waals surface area contributed by atoms with Crippen LogP contribution < -0.4 is 0 Å². The fourth-order valence-electron chi connectivity index (χ4n) is 0.638. The summed E-state index contributed by atoms with van der Waals surface area (Å²) in [6.07, 6.45) is 1.48. The highest BCUT2D eigenvalue weighted by atomic mass is 35.6. The predicted molar refractivity (Wildman–Crippen MR) is 59.6 cm³/mol. The molecule has 15 heavy (non-hydrogen) atoms. The number of aliphatic carboxylic acids is 2. The van der Waals surface area contributed by atoms with Crippen molar-refractivity contribution in [1.29, 1.82) is 0 Å². The van der Waals surface area contributed by atoms with E-state index in [1.165, 1.54) is 0 Å². The standard InChI is InChI=1S/C6H12O2.C2HCl3O2/c1-3-5(4-2)6(7)8;3-2(4,5)1(6)7/h5H,3-4H2,1-2H3,(H,7,8);(H,6,7). The van der Waals surface area contributed by atoms with Crippen LogP contribution in [0.25, 0.3) is 0 Å². The van der Waals surface area contributed by atoms with Gasteiger partial charge in [-0.2, -0.15) is 0 Å². The highest BCUT2D eigenvalue weighted by Gasteiger charge is 2.29. The molecule has 0 fully saturated rings. The van der Waals surface area contributed by atoms with Gasteiger partial charge in [-0.3, -0.25) is 4.79 Å². The Labute approximate surface area is 103 Å². The van der Waals surface area contributed by atoms with Crippen molar-refractivity contribution in [2.45, 2.75) is 30.5 Å². The molecule has 4 nitrogen and oxygen atoms in total. The van der Waals surface area contributed by atoms with Gasteiger partial charge in [-0.25, -0.2) is 4.79 Å². The minimum absolute atomic E-state index is 0.130. The van der Waals surface area contributed by atoms with Crippen molar-refractivity contribution < 1.29 is 19.8 Å². The lowest BCUT2D eigenvalue weighted by Crippen LogP contribution is -2.16. The molecule has 0 amide bonds. The molecule has 0 rings (SSSR count). The Kier molecular flexibility index (Phi) is 9.20. The molecule has 2 N–H and O–H groups in total. The van der Waals surface area contributed by atoms with Crippen LogP contribution in [0.15, 0.2) is 0 Å². The first kappa shape index (κ1) is 17.2. The smallest absolute Gasteiger partial charge is 0.356 e. The summed E-state index contributed by atoms with van der Waals surface area (Å²) >= 11 is 14.4. The first-order valence-electron chi connectivity index (χ1n) is 4.19. The van der Waals surface area contributed by atoms with Gasteiger partial charge < -0.3 is 10.2 Å². The summed E-state index contributed by atoms with van der Waals surface area (Å²) in [5, 5.41) is 16.2. The van der Waals surface area contributed by atoms with Crippen LogP contribution in [0.1, 0.15) is 26.7 Å². The Morgan fingerprint density at radius 1 is 1.13 bits per heavy atom. The van der Waals surface area contributed by atoms with Crippen LogP contribution >= 0.6 is 34.8 Å². The molecule has 0 aliphatic heterocycles. The van der Waals surface area contributed by atoms with Crippen molar-refractivity contribution in [3.05, 3.63) is 0 Å². The number of hydrogen-bond donors (Lipinski definition) is 2. The topological polar surface area (TPSA) is 74.6 Å². The van der Waals surface area contributed by atoms with Gasteiger partial charge in [0.2, 0.25) is 0 Å². The lowest BCUT2D eigenvalue weighted by molar-refractivity contribution is -0.142. The van der Waals surface area contributed by atoms with E-state index in [0.29, 0.717) is 0 Å². The van der Waals surface area contributed by atoms with Gasteiger partial charge >= 0.3 is 11.9 Å². The van der Waals surface area contributed by atoms with Crippen LogP contribution in [-0.4, -0.2) is 25.9 Å². The molecular weight excluding hydrogens is 266 g/mol. The lowest BCUT2D eigenvalue weighted by atomic mass is 10.1. The zero-order valence-electron chi connectivity index (χ0n) is 8.34. The number of carboxylic acid groups (broad SMARTS) is 2. The quantitative estimate of drug-likeness (QED) is 0.779. The first-order valence-corrected chi connectivity index (χ1v) is 5.33. The van der Waals surface area contributed by atoms with E-state index in [2.05, 4.69) is 0 Å². The summed E-state index contributed by atoms with van der Waals surface area (Å²) in [7, 11) is 0. The zero-order chi connectivity index (χ0) is 12.6. The molecule has 0 aromatic rings. The van der Waals surface area contributed by atoms with Crippen molar-refractivity contribution in [3.63, 3.8) is 0 Å². The third-order valence-corrected chi connectivity index (χ3v) is 2.06. The maximum atomic E-state index is 10.2. The second kappa shape index (κ2) is 8.02. The van der Waals surface area contributed by atoms with Crippen LogP contribution in [0.4, 0.5) is 0 Å². The predicted octanol–water partition coefficient (Wildman–Crippen LogP) is 2.95. The Hall–Kier alpha value is -0.190. The van der Waals surface area contributed by atoms with E-state index in [1.807, 2.05) is 13.8 Å². The molecule has 0 aliphatic carbocycles. The Bertz CT molecular complexity index is 208. The van der Waals surface area contributed by atoms with Crippen LogP contribution in [0, 0.1) is 5.92 Å². The summed E-state index contributed by atoms with van der Waals surface area (Å²) in [6.45, 7) is 3.78. The van der Waals surface area contributed by atoms with Gasteiger partial charge in [-0.15, -0.1) is 0 Å². The zero-order valence-corrected chi connectivity index (χ0v) is 10.6. The number of alkyl halides is 3. The minimum Gasteiger partial charge on any atom is -0.481 e. The van der Waals surface area contributed by atoms with E-state index < -0.39 is 15.7 Å². The van der Waals surface area contributed by atoms with Gasteiger partial charge in [-0.1, -0.05) is 48.7 Å². The summed E-state index contributed by atoms with van der Waals surface area (Å²) in [4.78, 5) is 19.8. The van der Waals surface area contributed by atoms with Gasteiger partial charge in [0.25, 0.3) is 3.79 Å². The average Bonchev–Trinajstić information content (AvgIpc) is 2.04. The SMILES string of the molecule is CCC(CC)C(=O)O.O=C(O)C(Cl)(Cl)Cl. The highest BCUT2D eigenvalue weighted by Crippen LogP contribution is 2.25. The van der Waals surface area contributed by atoms with E-state index in [9.17, 15) is 9.59 Å². The summed E-state index contributed by atoms with van der Waals surface area (Å²) in [5.41, 5.74) is 0. The molecule has 90 valence electrons. The molecule has 0 saturated heterocycles. The van der Waals surface area contributed by atoms with Crippen molar-refractivity contribution in [2.24, 2.45) is 5.92 Å². The monoisotopic (exact) mass is 278 g/mol. The molecule has 0 aliphatic rings. The molecule has 0 saturated carbocycles. The Morgan fingerprint density at radius 2 is 1.40 bits per heavy atom. The number of carboxylic acids is 2. The molecule has 0 radical (unpaired) electrons. The van der Waals surface area contributed by atoms with Gasteiger partial charge in [0.1, 0.15) is 0 Å².